The van der Waals surface area contributed by atoms with E-state index in [4.69, 9.17) is 23.2 Å². The van der Waals surface area contributed by atoms with Gasteiger partial charge in [-0.15, -0.1) is 23.2 Å². The number of rotatable bonds is 2. The zero-order chi connectivity index (χ0) is 15.9. The van der Waals surface area contributed by atoms with Gasteiger partial charge in [-0.1, -0.05) is 18.2 Å². The molecule has 2 aromatic rings. The number of hydrogen-bond donors (Lipinski definition) is 3. The van der Waals surface area contributed by atoms with E-state index in [2.05, 4.69) is 21.0 Å². The fraction of sp³-hybridized carbons (Fsp3) is 0.231. The molecule has 0 aliphatic heterocycles. The van der Waals surface area contributed by atoms with Gasteiger partial charge in [-0.25, -0.2) is 5.10 Å². The van der Waals surface area contributed by atoms with Crippen molar-refractivity contribution in [3.63, 3.8) is 0 Å². The Morgan fingerprint density at radius 2 is 1.86 bits per heavy atom. The number of alkyl halides is 2. The molecule has 1 heterocycles. The van der Waals surface area contributed by atoms with Gasteiger partial charge in [-0.3, -0.25) is 25.2 Å². The van der Waals surface area contributed by atoms with Gasteiger partial charge in [0.1, 0.15) is 4.33 Å². The number of hydrogen-bond acceptors (Lipinski definition) is 4. The smallest absolute Gasteiger partial charge is 0.273 e. The van der Waals surface area contributed by atoms with Crippen molar-refractivity contribution in [1.82, 2.24) is 21.0 Å². The minimum absolute atomic E-state index is 0.00527. The Morgan fingerprint density at radius 3 is 2.50 bits per heavy atom. The highest BCUT2D eigenvalue weighted by molar-refractivity contribution is 6.52. The number of benzene rings is 1. The first kappa shape index (κ1) is 14.8. The first-order valence-corrected chi connectivity index (χ1v) is 7.11. The van der Waals surface area contributed by atoms with Gasteiger partial charge in [0.2, 0.25) is 5.91 Å². The summed E-state index contributed by atoms with van der Waals surface area (Å²) in [5.41, 5.74) is 4.06. The van der Waals surface area contributed by atoms with Gasteiger partial charge in [0.25, 0.3) is 11.5 Å². The Morgan fingerprint density at radius 1 is 1.23 bits per heavy atom. The van der Waals surface area contributed by atoms with E-state index in [1.807, 2.05) is 0 Å². The van der Waals surface area contributed by atoms with Crippen molar-refractivity contribution in [2.24, 2.45) is 5.92 Å². The predicted octanol–water partition coefficient (Wildman–Crippen LogP) is 0.878. The lowest BCUT2D eigenvalue weighted by molar-refractivity contribution is -0.123. The van der Waals surface area contributed by atoms with Crippen LogP contribution in [-0.2, 0) is 4.79 Å². The Kier molecular flexibility index (Phi) is 3.54. The summed E-state index contributed by atoms with van der Waals surface area (Å²) in [4.78, 5) is 35.4. The van der Waals surface area contributed by atoms with E-state index in [1.165, 1.54) is 0 Å². The number of halogens is 2. The summed E-state index contributed by atoms with van der Waals surface area (Å²) in [7, 11) is 0. The number of aromatic nitrogens is 2. The van der Waals surface area contributed by atoms with Crippen molar-refractivity contribution < 1.29 is 9.59 Å². The van der Waals surface area contributed by atoms with Crippen LogP contribution in [0, 0.1) is 5.92 Å². The Bertz CT molecular complexity index is 833. The Hall–Kier alpha value is -2.12. The monoisotopic (exact) mass is 340 g/mol. The summed E-state index contributed by atoms with van der Waals surface area (Å²) in [5.74, 6) is -1.69. The average Bonchev–Trinajstić information content (AvgIpc) is 3.14. The maximum Gasteiger partial charge on any atom is 0.290 e. The molecule has 2 amide bonds. The molecule has 1 aliphatic rings. The van der Waals surface area contributed by atoms with E-state index in [0.29, 0.717) is 17.2 Å². The first-order chi connectivity index (χ1) is 10.4. The second-order valence-corrected chi connectivity index (χ2v) is 6.45. The molecule has 1 aromatic carbocycles. The van der Waals surface area contributed by atoms with Crippen LogP contribution < -0.4 is 16.4 Å². The highest BCUT2D eigenvalue weighted by Gasteiger charge is 2.56. The van der Waals surface area contributed by atoms with Crippen molar-refractivity contribution in [3.8, 4) is 0 Å². The first-order valence-electron chi connectivity index (χ1n) is 6.35. The van der Waals surface area contributed by atoms with E-state index in [9.17, 15) is 14.4 Å². The van der Waals surface area contributed by atoms with Crippen molar-refractivity contribution in [2.75, 3.05) is 0 Å². The standard InChI is InChI=1S/C13H10Cl2N4O3/c14-13(15)5-8(13)11(21)18-19-12(22)9-6-3-1-2-4-7(6)10(20)17-16-9/h1-4,8H,5H2,(H,17,20)(H,18,21)(H,19,22). The maximum absolute atomic E-state index is 12.1. The van der Waals surface area contributed by atoms with Crippen LogP contribution in [0.2, 0.25) is 0 Å². The third kappa shape index (κ3) is 2.65. The quantitative estimate of drug-likeness (QED) is 0.557. The number of carbonyl (C=O) groups is 2. The molecule has 1 fully saturated rings. The van der Waals surface area contributed by atoms with Gasteiger partial charge in [0.15, 0.2) is 5.69 Å². The molecule has 3 rings (SSSR count). The van der Waals surface area contributed by atoms with Gasteiger partial charge in [-0.05, 0) is 12.5 Å². The molecule has 3 N–H and O–H groups in total. The molecule has 7 nitrogen and oxygen atoms in total. The fourth-order valence-corrected chi connectivity index (χ4v) is 2.56. The lowest BCUT2D eigenvalue weighted by Crippen LogP contribution is -2.43. The molecule has 0 radical (unpaired) electrons. The second kappa shape index (κ2) is 5.26. The number of carbonyl (C=O) groups excluding carboxylic acids is 2. The summed E-state index contributed by atoms with van der Waals surface area (Å²) in [6.45, 7) is 0. The number of hydrazine groups is 1. The predicted molar refractivity (Wildman–Crippen MR) is 80.5 cm³/mol. The van der Waals surface area contributed by atoms with Crippen LogP contribution in [0.4, 0.5) is 0 Å². The molecule has 0 saturated heterocycles. The number of fused-ring (bicyclic) bond motifs is 1. The summed E-state index contributed by atoms with van der Waals surface area (Å²) in [6, 6.07) is 6.52. The third-order valence-corrected chi connectivity index (χ3v) is 4.19. The zero-order valence-corrected chi connectivity index (χ0v) is 12.5. The normalized spacial score (nSPS) is 18.7. The zero-order valence-electron chi connectivity index (χ0n) is 11.0. The van der Waals surface area contributed by atoms with E-state index in [1.54, 1.807) is 24.3 Å². The van der Waals surface area contributed by atoms with Crippen LogP contribution in [-0.4, -0.2) is 26.3 Å². The molecule has 1 aliphatic carbocycles. The van der Waals surface area contributed by atoms with Crippen LogP contribution in [0.25, 0.3) is 10.8 Å². The molecule has 1 unspecified atom stereocenters. The fourth-order valence-electron chi connectivity index (χ4n) is 2.05. The average molecular weight is 341 g/mol. The molecule has 114 valence electrons. The highest BCUT2D eigenvalue weighted by Crippen LogP contribution is 2.53. The largest absolute Gasteiger partial charge is 0.290 e. The third-order valence-electron chi connectivity index (χ3n) is 3.35. The van der Waals surface area contributed by atoms with Gasteiger partial charge in [0.05, 0.1) is 11.3 Å². The van der Waals surface area contributed by atoms with Gasteiger partial charge >= 0.3 is 0 Å². The van der Waals surface area contributed by atoms with Crippen LogP contribution >= 0.6 is 23.2 Å². The lowest BCUT2D eigenvalue weighted by Gasteiger charge is -2.08. The van der Waals surface area contributed by atoms with Crippen LogP contribution in [0.3, 0.4) is 0 Å². The SMILES string of the molecule is O=C(NNC(=O)C1CC1(Cl)Cl)c1n[nH]c(=O)c2ccccc12. The minimum atomic E-state index is -1.07. The number of nitrogens with one attached hydrogen (secondary N) is 3. The molecule has 1 aromatic heterocycles. The summed E-state index contributed by atoms with van der Waals surface area (Å²) >= 11 is 11.5. The van der Waals surface area contributed by atoms with E-state index in [0.717, 1.165) is 0 Å². The second-order valence-electron chi connectivity index (χ2n) is 4.91. The number of nitrogens with zero attached hydrogens (tertiary/aromatic N) is 1. The van der Waals surface area contributed by atoms with E-state index in [-0.39, 0.29) is 5.69 Å². The molecular formula is C13H10Cl2N4O3. The van der Waals surface area contributed by atoms with E-state index < -0.39 is 27.6 Å². The van der Waals surface area contributed by atoms with Crippen LogP contribution in [0.15, 0.2) is 29.1 Å². The minimum Gasteiger partial charge on any atom is -0.273 e. The number of aromatic amines is 1. The van der Waals surface area contributed by atoms with Crippen molar-refractivity contribution in [1.29, 1.82) is 0 Å². The summed E-state index contributed by atoms with van der Waals surface area (Å²) in [6.07, 6.45) is 0.331. The molecular weight excluding hydrogens is 331 g/mol. The van der Waals surface area contributed by atoms with Crippen molar-refractivity contribution in [3.05, 3.63) is 40.3 Å². The van der Waals surface area contributed by atoms with Gasteiger partial charge in [-0.2, -0.15) is 5.10 Å². The number of amides is 2. The lowest BCUT2D eigenvalue weighted by atomic mass is 10.1. The summed E-state index contributed by atoms with van der Waals surface area (Å²) < 4.78 is -1.07. The van der Waals surface area contributed by atoms with Crippen molar-refractivity contribution >= 4 is 45.8 Å². The molecule has 9 heteroatoms. The molecule has 0 spiro atoms. The molecule has 1 saturated carbocycles. The molecule has 22 heavy (non-hydrogen) atoms. The van der Waals surface area contributed by atoms with E-state index >= 15 is 0 Å². The van der Waals surface area contributed by atoms with Crippen molar-refractivity contribution in [2.45, 2.75) is 10.8 Å². The van der Waals surface area contributed by atoms with Gasteiger partial charge < -0.3 is 0 Å². The Labute approximate surface area is 134 Å². The maximum atomic E-state index is 12.1. The molecule has 0 bridgehead atoms. The summed E-state index contributed by atoms with van der Waals surface area (Å²) in [5, 5.41) is 6.67. The Balaban J connectivity index is 1.77. The number of H-pyrrole nitrogens is 1. The van der Waals surface area contributed by atoms with Gasteiger partial charge in [0, 0.05) is 5.39 Å². The highest BCUT2D eigenvalue weighted by atomic mass is 35.5. The van der Waals surface area contributed by atoms with Crippen LogP contribution in [0.1, 0.15) is 16.9 Å². The topological polar surface area (TPSA) is 104 Å². The van der Waals surface area contributed by atoms with Crippen LogP contribution in [0.5, 0.6) is 0 Å². The molecule has 1 atom stereocenters.